The zero-order chi connectivity index (χ0) is 31.9. The van der Waals surface area contributed by atoms with Crippen molar-refractivity contribution in [1.82, 2.24) is 30.0 Å². The highest BCUT2D eigenvalue weighted by Crippen LogP contribution is 2.50. The largest absolute Gasteiger partial charge is 0.462 e. The van der Waals surface area contributed by atoms with E-state index in [9.17, 15) is 4.79 Å². The molecule has 240 valence electrons. The number of aromatic nitrogens is 4. The topological polar surface area (TPSA) is 90.5 Å². The van der Waals surface area contributed by atoms with Crippen LogP contribution in [-0.2, 0) is 4.79 Å². The van der Waals surface area contributed by atoms with Gasteiger partial charge in [-0.3, -0.25) is 9.89 Å². The molecule has 11 heteroatoms. The number of aromatic amines is 1. The summed E-state index contributed by atoms with van der Waals surface area (Å²) in [5.41, 5.74) is 3.96. The first-order chi connectivity index (χ1) is 22.2. The molecule has 0 radical (unpaired) electrons. The maximum Gasteiger partial charge on any atom is 0.319 e. The van der Waals surface area contributed by atoms with Crippen LogP contribution in [0.1, 0.15) is 56.2 Å². The summed E-state index contributed by atoms with van der Waals surface area (Å²) in [6.07, 6.45) is 6.59. The molecule has 4 aromatic rings. The fourth-order valence-corrected chi connectivity index (χ4v) is 8.33. The summed E-state index contributed by atoms with van der Waals surface area (Å²) in [5, 5.41) is 9.57. The summed E-state index contributed by atoms with van der Waals surface area (Å²) in [4.78, 5) is 28.3. The fourth-order valence-electron chi connectivity index (χ4n) is 8.04. The second-order valence-electron chi connectivity index (χ2n) is 13.8. The van der Waals surface area contributed by atoms with E-state index >= 15 is 4.39 Å². The minimum Gasteiger partial charge on any atom is -0.462 e. The Morgan fingerprint density at radius 2 is 2.04 bits per heavy atom. The third-order valence-electron chi connectivity index (χ3n) is 11.1. The standard InChI is InChI=1S/C35H39ClFN7O2/c1-5-26(45)44-18-35(20(44)3)12-14-43(17-35)33-23-15-24(36)28(27-19(2)8-11-25-29(27)31(41-40-25)21-9-10-21)30(37)32(23)38-34(39-33)46-16-22-7-6-13-42(22)4/h5,8,11,15,20-22H,1,6-7,9-10,12-14,16-18H2,2-4H3,(H,40,41)/t20?,22-,35?/m0/s1. The average molecular weight is 644 g/mol. The molecular weight excluding hydrogens is 605 g/mol. The smallest absolute Gasteiger partial charge is 0.319 e. The normalized spacial score (nSPS) is 24.8. The number of nitrogens with one attached hydrogen (secondary N) is 1. The number of aryl methyl sites for hydroxylation is 1. The number of rotatable bonds is 7. The molecule has 4 fully saturated rings. The van der Waals surface area contributed by atoms with Gasteiger partial charge in [-0.25, -0.2) is 4.39 Å². The molecule has 2 unspecified atom stereocenters. The number of ether oxygens (including phenoxy) is 1. The number of anilines is 1. The number of nitrogens with zero attached hydrogens (tertiary/aromatic N) is 6. The Hall–Kier alpha value is -3.76. The molecule has 5 heterocycles. The van der Waals surface area contributed by atoms with Gasteiger partial charge >= 0.3 is 6.01 Å². The van der Waals surface area contributed by atoms with Crippen molar-refractivity contribution in [1.29, 1.82) is 0 Å². The van der Waals surface area contributed by atoms with Gasteiger partial charge in [-0.1, -0.05) is 24.2 Å². The molecule has 1 N–H and O–H groups in total. The van der Waals surface area contributed by atoms with Crippen molar-refractivity contribution in [3.8, 4) is 17.1 Å². The van der Waals surface area contributed by atoms with Crippen LogP contribution < -0.4 is 9.64 Å². The van der Waals surface area contributed by atoms with Gasteiger partial charge in [0.1, 0.15) is 17.9 Å². The highest BCUT2D eigenvalue weighted by molar-refractivity contribution is 6.35. The monoisotopic (exact) mass is 643 g/mol. The van der Waals surface area contributed by atoms with Gasteiger partial charge in [0.25, 0.3) is 0 Å². The SMILES string of the molecule is C=CC(=O)N1CC2(CCN(c3nc(OC[C@@H]4CCCN4C)nc4c(F)c(-c5c(C)ccc6n[nH]c(C7CC7)c56)c(Cl)cc34)C2)C1C. The van der Waals surface area contributed by atoms with Crippen molar-refractivity contribution >= 4 is 45.1 Å². The Balaban J connectivity index is 1.25. The number of carbonyl (C=O) groups is 1. The third-order valence-corrected chi connectivity index (χ3v) is 11.4. The molecule has 9 nitrogen and oxygen atoms in total. The number of amides is 1. The maximum atomic E-state index is 17.2. The van der Waals surface area contributed by atoms with Crippen LogP contribution in [0.15, 0.2) is 30.9 Å². The Labute approximate surface area is 272 Å². The zero-order valence-corrected chi connectivity index (χ0v) is 27.3. The van der Waals surface area contributed by atoms with Crippen LogP contribution in [0.5, 0.6) is 6.01 Å². The minimum absolute atomic E-state index is 0.0502. The van der Waals surface area contributed by atoms with Crippen LogP contribution in [0.2, 0.25) is 5.02 Å². The van der Waals surface area contributed by atoms with Crippen molar-refractivity contribution in [2.24, 2.45) is 5.41 Å². The number of fused-ring (bicyclic) bond motifs is 2. The summed E-state index contributed by atoms with van der Waals surface area (Å²) >= 11 is 7.06. The van der Waals surface area contributed by atoms with Crippen molar-refractivity contribution in [3.05, 3.63) is 53.0 Å². The van der Waals surface area contributed by atoms with Crippen molar-refractivity contribution < 1.29 is 13.9 Å². The van der Waals surface area contributed by atoms with Gasteiger partial charge in [0.2, 0.25) is 5.91 Å². The van der Waals surface area contributed by atoms with Gasteiger partial charge < -0.3 is 19.4 Å². The van der Waals surface area contributed by atoms with Gasteiger partial charge in [0.15, 0.2) is 5.82 Å². The van der Waals surface area contributed by atoms with Gasteiger partial charge in [-0.2, -0.15) is 15.1 Å². The van der Waals surface area contributed by atoms with Gasteiger partial charge in [0.05, 0.1) is 10.5 Å². The first-order valence-corrected chi connectivity index (χ1v) is 16.8. The van der Waals surface area contributed by atoms with Crippen LogP contribution in [0.3, 0.4) is 0 Å². The molecule has 1 amide bonds. The summed E-state index contributed by atoms with van der Waals surface area (Å²) in [5.74, 6) is 0.471. The molecular formula is C35H39ClFN7O2. The predicted molar refractivity (Wildman–Crippen MR) is 178 cm³/mol. The highest BCUT2D eigenvalue weighted by atomic mass is 35.5. The van der Waals surface area contributed by atoms with Gasteiger partial charge in [0, 0.05) is 70.6 Å². The predicted octanol–water partition coefficient (Wildman–Crippen LogP) is 6.24. The van der Waals surface area contributed by atoms with Crippen molar-refractivity contribution in [2.75, 3.05) is 44.7 Å². The molecule has 3 saturated heterocycles. The Kier molecular flexibility index (Phi) is 7.03. The number of likely N-dealkylation sites (N-methyl/N-ethyl adjacent to an activating group) is 1. The Morgan fingerprint density at radius 1 is 1.22 bits per heavy atom. The second-order valence-corrected chi connectivity index (χ2v) is 14.2. The Morgan fingerprint density at radius 3 is 2.76 bits per heavy atom. The van der Waals surface area contributed by atoms with E-state index in [1.54, 1.807) is 0 Å². The number of halogens is 2. The first-order valence-electron chi connectivity index (χ1n) is 16.4. The number of H-pyrrole nitrogens is 1. The van der Waals surface area contributed by atoms with Crippen LogP contribution in [0, 0.1) is 18.2 Å². The van der Waals surface area contributed by atoms with Crippen molar-refractivity contribution in [2.45, 2.75) is 64.0 Å². The van der Waals surface area contributed by atoms with E-state index in [2.05, 4.69) is 40.5 Å². The quantitative estimate of drug-likeness (QED) is 0.239. The molecule has 4 aliphatic rings. The molecule has 3 atom stereocenters. The van der Waals surface area contributed by atoms with E-state index in [0.717, 1.165) is 72.9 Å². The zero-order valence-electron chi connectivity index (χ0n) is 26.6. The van der Waals surface area contributed by atoms with E-state index in [0.29, 0.717) is 47.4 Å². The molecule has 8 rings (SSSR count). The lowest BCUT2D eigenvalue weighted by Gasteiger charge is -2.54. The number of hydrogen-bond donors (Lipinski definition) is 1. The molecule has 0 bridgehead atoms. The highest BCUT2D eigenvalue weighted by Gasteiger charge is 2.55. The van der Waals surface area contributed by atoms with Crippen molar-refractivity contribution in [3.63, 3.8) is 0 Å². The van der Waals surface area contributed by atoms with E-state index in [1.165, 1.54) is 6.08 Å². The van der Waals surface area contributed by atoms with Crippen LogP contribution >= 0.6 is 11.6 Å². The first kappa shape index (κ1) is 29.6. The maximum absolute atomic E-state index is 17.2. The third kappa shape index (κ3) is 4.59. The van der Waals surface area contributed by atoms with Gasteiger partial charge in [-0.15, -0.1) is 0 Å². The number of likely N-dealkylation sites (tertiary alicyclic amines) is 2. The van der Waals surface area contributed by atoms with Crippen LogP contribution in [0.25, 0.3) is 32.9 Å². The average Bonchev–Trinajstić information content (AvgIpc) is 3.42. The molecule has 46 heavy (non-hydrogen) atoms. The molecule has 3 aliphatic heterocycles. The van der Waals surface area contributed by atoms with E-state index < -0.39 is 5.82 Å². The lowest BCUT2D eigenvalue weighted by atomic mass is 9.71. The molecule has 1 spiro atoms. The summed E-state index contributed by atoms with van der Waals surface area (Å²) < 4.78 is 23.4. The second kappa shape index (κ2) is 10.9. The lowest BCUT2D eigenvalue weighted by molar-refractivity contribution is -0.145. The summed E-state index contributed by atoms with van der Waals surface area (Å²) in [6.45, 7) is 11.3. The molecule has 1 saturated carbocycles. The summed E-state index contributed by atoms with van der Waals surface area (Å²) in [7, 11) is 2.10. The van der Waals surface area contributed by atoms with Gasteiger partial charge in [-0.05, 0) is 83.3 Å². The molecule has 1 aliphatic carbocycles. The van der Waals surface area contributed by atoms with E-state index in [4.69, 9.17) is 26.3 Å². The molecule has 2 aromatic heterocycles. The number of carbonyl (C=O) groups excluding carboxylic acids is 1. The minimum atomic E-state index is -0.485. The number of benzene rings is 2. The Bertz CT molecular complexity index is 1910. The lowest BCUT2D eigenvalue weighted by Crippen LogP contribution is -2.65. The van der Waals surface area contributed by atoms with E-state index in [-0.39, 0.29) is 34.9 Å². The number of hydrogen-bond acceptors (Lipinski definition) is 7. The molecule has 2 aromatic carbocycles. The summed E-state index contributed by atoms with van der Waals surface area (Å²) in [6, 6.07) is 6.25. The van der Waals surface area contributed by atoms with Crippen LogP contribution in [0.4, 0.5) is 10.2 Å². The van der Waals surface area contributed by atoms with E-state index in [1.807, 2.05) is 30.0 Å². The fraction of sp³-hybridized carbons (Fsp3) is 0.486. The van der Waals surface area contributed by atoms with Crippen LogP contribution in [-0.4, -0.2) is 87.8 Å².